The van der Waals surface area contributed by atoms with Crippen LogP contribution in [0.15, 0.2) is 39.0 Å². The lowest BCUT2D eigenvalue weighted by Gasteiger charge is -2.38. The van der Waals surface area contributed by atoms with E-state index >= 15 is 0 Å². The summed E-state index contributed by atoms with van der Waals surface area (Å²) < 4.78 is 11.3. The first kappa shape index (κ1) is 27.5. The van der Waals surface area contributed by atoms with E-state index in [9.17, 15) is 25.0 Å². The van der Waals surface area contributed by atoms with Gasteiger partial charge in [-0.25, -0.2) is 4.79 Å². The molecule has 1 fully saturated rings. The number of rotatable bonds is 6. The van der Waals surface area contributed by atoms with Crippen LogP contribution < -0.4 is 10.6 Å². The third-order valence-corrected chi connectivity index (χ3v) is 8.83. The standard InChI is InChI=1S/C25H29N5O6S2/c1-5-35-24(32)29-9-7-28(8-10-29)19-20(30(33)34)23(37-6-2)38-21(19)17-14(13-26)22(27)36-16-12-25(3,4)11-15(31)18(16)17/h6,17H,2,5,7-12,27H2,1,3-4H3. The predicted octanol–water partition coefficient (Wildman–Crippen LogP) is 4.62. The number of thioether (sulfide) groups is 1. The van der Waals surface area contributed by atoms with Gasteiger partial charge < -0.3 is 25.0 Å². The van der Waals surface area contributed by atoms with Crippen molar-refractivity contribution in [1.29, 1.82) is 5.26 Å². The molecule has 202 valence electrons. The smallest absolute Gasteiger partial charge is 0.409 e. The average molecular weight is 560 g/mol. The number of hydrogen-bond donors (Lipinski definition) is 1. The number of hydrogen-bond acceptors (Lipinski definition) is 11. The summed E-state index contributed by atoms with van der Waals surface area (Å²) in [5, 5.41) is 24.0. The third kappa shape index (κ3) is 4.98. The second kappa shape index (κ2) is 10.7. The van der Waals surface area contributed by atoms with Gasteiger partial charge in [-0.1, -0.05) is 32.2 Å². The van der Waals surface area contributed by atoms with E-state index in [4.69, 9.17) is 15.2 Å². The van der Waals surface area contributed by atoms with Crippen LogP contribution in [0.4, 0.5) is 16.2 Å². The van der Waals surface area contributed by atoms with Gasteiger partial charge in [0.25, 0.3) is 0 Å². The van der Waals surface area contributed by atoms with Crippen molar-refractivity contribution in [3.63, 3.8) is 0 Å². The minimum absolute atomic E-state index is 0.0505. The van der Waals surface area contributed by atoms with E-state index in [0.29, 0.717) is 58.7 Å². The minimum Gasteiger partial charge on any atom is -0.450 e. The Bertz CT molecular complexity index is 1300. The molecule has 1 aliphatic carbocycles. The molecular weight excluding hydrogens is 530 g/mol. The predicted molar refractivity (Wildman–Crippen MR) is 144 cm³/mol. The summed E-state index contributed by atoms with van der Waals surface area (Å²) >= 11 is 2.27. The van der Waals surface area contributed by atoms with Gasteiger partial charge >= 0.3 is 11.8 Å². The van der Waals surface area contributed by atoms with Crippen LogP contribution in [0.5, 0.6) is 0 Å². The number of nitrogens with zero attached hydrogens (tertiary/aromatic N) is 4. The highest BCUT2D eigenvalue weighted by molar-refractivity contribution is 8.04. The Morgan fingerprint density at radius 3 is 2.66 bits per heavy atom. The molecule has 1 aromatic rings. The molecule has 11 nitrogen and oxygen atoms in total. The number of nitro groups is 1. The zero-order chi connectivity index (χ0) is 27.8. The lowest BCUT2D eigenvalue weighted by atomic mass is 9.71. The summed E-state index contributed by atoms with van der Waals surface area (Å²) in [5.41, 5.74) is 6.42. The fourth-order valence-corrected chi connectivity index (χ4v) is 7.35. The van der Waals surface area contributed by atoms with Gasteiger partial charge in [0, 0.05) is 49.5 Å². The van der Waals surface area contributed by atoms with Crippen LogP contribution in [0.3, 0.4) is 0 Å². The number of allylic oxidation sites excluding steroid dienone is 3. The first-order valence-electron chi connectivity index (χ1n) is 12.1. The molecule has 0 spiro atoms. The van der Waals surface area contributed by atoms with Crippen LogP contribution in [0.25, 0.3) is 0 Å². The van der Waals surface area contributed by atoms with Crippen molar-refractivity contribution in [2.75, 3.05) is 37.7 Å². The van der Waals surface area contributed by atoms with Crippen molar-refractivity contribution >= 4 is 46.3 Å². The van der Waals surface area contributed by atoms with Crippen LogP contribution in [0.2, 0.25) is 0 Å². The quantitative estimate of drug-likeness (QED) is 0.297. The summed E-state index contributed by atoms with van der Waals surface area (Å²) in [4.78, 5) is 41.6. The summed E-state index contributed by atoms with van der Waals surface area (Å²) in [6.45, 7) is 10.8. The van der Waals surface area contributed by atoms with Crippen LogP contribution in [-0.2, 0) is 14.3 Å². The van der Waals surface area contributed by atoms with Crippen molar-refractivity contribution in [2.45, 2.75) is 43.7 Å². The molecule has 1 aromatic heterocycles. The number of ether oxygens (including phenoxy) is 2. The number of Topliss-reactive ketones (excluding diaryl/α,β-unsaturated/α-hetero) is 1. The van der Waals surface area contributed by atoms with Crippen LogP contribution in [0, 0.1) is 26.9 Å². The van der Waals surface area contributed by atoms with E-state index < -0.39 is 16.9 Å². The SMILES string of the molecule is C=CSc1sc(C2C(C#N)=C(N)OC3=C2C(=O)CC(C)(C)C3)c(N2CCN(C(=O)OCC)CC2)c1[N+](=O)[O-]. The number of piperazine rings is 1. The number of anilines is 1. The zero-order valence-corrected chi connectivity index (χ0v) is 23.1. The monoisotopic (exact) mass is 559 g/mol. The number of ketones is 1. The van der Waals surface area contributed by atoms with Crippen molar-refractivity contribution in [1.82, 2.24) is 4.90 Å². The molecule has 38 heavy (non-hydrogen) atoms. The molecule has 1 unspecified atom stereocenters. The molecule has 2 N–H and O–H groups in total. The molecule has 1 atom stereocenters. The molecule has 1 amide bonds. The molecule has 2 aliphatic heterocycles. The Kier molecular flexibility index (Phi) is 7.75. The maximum atomic E-state index is 13.5. The highest BCUT2D eigenvalue weighted by Crippen LogP contribution is 2.56. The van der Waals surface area contributed by atoms with Crippen LogP contribution in [0.1, 0.15) is 44.4 Å². The van der Waals surface area contributed by atoms with Gasteiger partial charge in [0.05, 0.1) is 17.4 Å². The lowest BCUT2D eigenvalue weighted by Crippen LogP contribution is -2.49. The molecule has 13 heteroatoms. The molecule has 0 saturated carbocycles. The van der Waals surface area contributed by atoms with Crippen LogP contribution >= 0.6 is 23.1 Å². The molecule has 3 aliphatic rings. The number of thiophene rings is 1. The summed E-state index contributed by atoms with van der Waals surface area (Å²) in [6, 6.07) is 2.10. The van der Waals surface area contributed by atoms with Crippen molar-refractivity contribution in [2.24, 2.45) is 11.1 Å². The average Bonchev–Trinajstić information content (AvgIpc) is 3.22. The summed E-state index contributed by atoms with van der Waals surface area (Å²) in [5.74, 6) is -0.768. The molecule has 0 aromatic carbocycles. The summed E-state index contributed by atoms with van der Waals surface area (Å²) in [6.07, 6.45) is 0.256. The zero-order valence-electron chi connectivity index (χ0n) is 21.4. The second-order valence-electron chi connectivity index (χ2n) is 9.87. The Hall–Kier alpha value is -3.50. The van der Waals surface area contributed by atoms with Crippen LogP contribution in [-0.4, -0.2) is 54.5 Å². The Morgan fingerprint density at radius 2 is 2.08 bits per heavy atom. The lowest BCUT2D eigenvalue weighted by molar-refractivity contribution is -0.386. The molecule has 4 rings (SSSR count). The Labute approximate surface area is 228 Å². The molecular formula is C25H29N5O6S2. The normalized spacial score (nSPS) is 21.0. The van der Waals surface area contributed by atoms with Crippen molar-refractivity contribution in [3.8, 4) is 6.07 Å². The van der Waals surface area contributed by atoms with Gasteiger partial charge in [-0.2, -0.15) is 5.26 Å². The van der Waals surface area contributed by atoms with E-state index in [0.717, 1.165) is 23.1 Å². The number of carbonyl (C=O) groups excluding carboxylic acids is 2. The van der Waals surface area contributed by atoms with Gasteiger partial charge in [0.1, 0.15) is 27.3 Å². The van der Waals surface area contributed by atoms with E-state index in [2.05, 4.69) is 12.6 Å². The first-order valence-corrected chi connectivity index (χ1v) is 13.8. The molecule has 3 heterocycles. The minimum atomic E-state index is -0.895. The van der Waals surface area contributed by atoms with Gasteiger partial charge in [-0.3, -0.25) is 14.9 Å². The second-order valence-corrected chi connectivity index (χ2v) is 12.2. The van der Waals surface area contributed by atoms with Gasteiger partial charge in [0.15, 0.2) is 5.78 Å². The highest BCUT2D eigenvalue weighted by atomic mass is 32.2. The molecule has 0 radical (unpaired) electrons. The Balaban J connectivity index is 1.88. The first-order chi connectivity index (χ1) is 18.0. The van der Waals surface area contributed by atoms with Crippen molar-refractivity contribution < 1.29 is 24.0 Å². The number of nitrogens with two attached hydrogens (primary N) is 1. The molecule has 0 bridgehead atoms. The Morgan fingerprint density at radius 1 is 1.39 bits per heavy atom. The van der Waals surface area contributed by atoms with Crippen molar-refractivity contribution in [3.05, 3.63) is 49.8 Å². The van der Waals surface area contributed by atoms with E-state index in [-0.39, 0.29) is 41.4 Å². The maximum absolute atomic E-state index is 13.5. The van der Waals surface area contributed by atoms with Gasteiger partial charge in [0.2, 0.25) is 5.88 Å². The van der Waals surface area contributed by atoms with Gasteiger partial charge in [-0.15, -0.1) is 11.3 Å². The molecule has 1 saturated heterocycles. The number of nitriles is 1. The topological polar surface area (TPSA) is 152 Å². The maximum Gasteiger partial charge on any atom is 0.409 e. The van der Waals surface area contributed by atoms with E-state index in [1.807, 2.05) is 18.7 Å². The third-order valence-electron chi connectivity index (χ3n) is 6.69. The number of amides is 1. The summed E-state index contributed by atoms with van der Waals surface area (Å²) in [7, 11) is 0. The largest absolute Gasteiger partial charge is 0.450 e. The van der Waals surface area contributed by atoms with E-state index in [1.165, 1.54) is 5.41 Å². The van der Waals surface area contributed by atoms with Gasteiger partial charge in [-0.05, 0) is 17.7 Å². The number of carbonyl (C=O) groups is 2. The fourth-order valence-electron chi connectivity index (χ4n) is 5.10. The highest BCUT2D eigenvalue weighted by Gasteiger charge is 2.47. The van der Waals surface area contributed by atoms with E-state index in [1.54, 1.807) is 11.8 Å². The fraction of sp³-hybridized carbons (Fsp3) is 0.480.